The zero-order valence-electron chi connectivity index (χ0n) is 18.1. The molecule has 0 bridgehead atoms. The molecule has 1 aliphatic heterocycles. The SMILES string of the molecule is Cc1nn(-c2ccc(F)cc2)c2sc(C(=O)N3CCN(C(=O)c4ccc(F)c(F)c4)CC3)cc12. The van der Waals surface area contributed by atoms with Gasteiger partial charge in [-0.2, -0.15) is 5.10 Å². The number of aryl methyl sites for hydroxylation is 1. The molecule has 34 heavy (non-hydrogen) atoms. The summed E-state index contributed by atoms with van der Waals surface area (Å²) >= 11 is 1.31. The molecule has 2 aromatic heterocycles. The summed E-state index contributed by atoms with van der Waals surface area (Å²) in [5.41, 5.74) is 1.53. The normalized spacial score (nSPS) is 14.1. The van der Waals surface area contributed by atoms with E-state index in [1.807, 2.05) is 13.0 Å². The number of amides is 2. The van der Waals surface area contributed by atoms with Gasteiger partial charge in [0.25, 0.3) is 11.8 Å². The molecule has 10 heteroatoms. The van der Waals surface area contributed by atoms with Crippen LogP contribution < -0.4 is 0 Å². The number of benzene rings is 2. The van der Waals surface area contributed by atoms with Gasteiger partial charge in [-0.15, -0.1) is 11.3 Å². The van der Waals surface area contributed by atoms with Crippen molar-refractivity contribution >= 4 is 33.4 Å². The molecule has 0 spiro atoms. The highest BCUT2D eigenvalue weighted by atomic mass is 32.1. The van der Waals surface area contributed by atoms with Crippen molar-refractivity contribution in [1.82, 2.24) is 19.6 Å². The smallest absolute Gasteiger partial charge is 0.264 e. The molecule has 0 atom stereocenters. The molecule has 1 aliphatic rings. The van der Waals surface area contributed by atoms with Crippen molar-refractivity contribution < 1.29 is 22.8 Å². The molecule has 0 radical (unpaired) electrons. The van der Waals surface area contributed by atoms with E-state index in [1.54, 1.807) is 21.7 Å². The van der Waals surface area contributed by atoms with Crippen LogP contribution in [-0.2, 0) is 0 Å². The van der Waals surface area contributed by atoms with E-state index in [4.69, 9.17) is 0 Å². The molecule has 0 N–H and O–H groups in total. The Morgan fingerprint density at radius 2 is 1.50 bits per heavy atom. The van der Waals surface area contributed by atoms with Crippen LogP contribution in [0.25, 0.3) is 15.9 Å². The Bertz CT molecular complexity index is 1410. The Morgan fingerprint density at radius 3 is 2.15 bits per heavy atom. The van der Waals surface area contributed by atoms with E-state index in [2.05, 4.69) is 5.10 Å². The van der Waals surface area contributed by atoms with Gasteiger partial charge in [-0.05, 0) is 55.5 Å². The number of rotatable bonds is 3. The molecule has 5 rings (SSSR count). The Hall–Kier alpha value is -3.66. The molecular formula is C24H19F3N4O2S. The van der Waals surface area contributed by atoms with Crippen LogP contribution >= 0.6 is 11.3 Å². The maximum Gasteiger partial charge on any atom is 0.264 e. The lowest BCUT2D eigenvalue weighted by Gasteiger charge is -2.34. The fraction of sp³-hybridized carbons (Fsp3) is 0.208. The second-order valence-electron chi connectivity index (χ2n) is 8.02. The third-order valence-electron chi connectivity index (χ3n) is 5.85. The molecule has 0 unspecified atom stereocenters. The molecule has 2 aromatic carbocycles. The van der Waals surface area contributed by atoms with E-state index in [0.29, 0.717) is 23.7 Å². The number of carbonyl (C=O) groups is 2. The second-order valence-corrected chi connectivity index (χ2v) is 9.05. The number of carbonyl (C=O) groups excluding carboxylic acids is 2. The van der Waals surface area contributed by atoms with Gasteiger partial charge in [0.2, 0.25) is 0 Å². The average Bonchev–Trinajstić information content (AvgIpc) is 3.41. The van der Waals surface area contributed by atoms with Gasteiger partial charge >= 0.3 is 0 Å². The minimum Gasteiger partial charge on any atom is -0.335 e. The van der Waals surface area contributed by atoms with Crippen molar-refractivity contribution in [2.45, 2.75) is 6.92 Å². The number of halogens is 3. The minimum atomic E-state index is -1.07. The molecule has 0 saturated carbocycles. The van der Waals surface area contributed by atoms with E-state index in [-0.39, 0.29) is 30.4 Å². The van der Waals surface area contributed by atoms with Crippen molar-refractivity contribution in [3.05, 3.63) is 82.1 Å². The topological polar surface area (TPSA) is 58.4 Å². The van der Waals surface area contributed by atoms with Crippen LogP contribution in [0.4, 0.5) is 13.2 Å². The summed E-state index contributed by atoms with van der Waals surface area (Å²) in [6.07, 6.45) is 0. The number of thiophene rings is 1. The predicted molar refractivity (Wildman–Crippen MR) is 122 cm³/mol. The van der Waals surface area contributed by atoms with E-state index < -0.39 is 17.5 Å². The van der Waals surface area contributed by atoms with Crippen LogP contribution in [0.5, 0.6) is 0 Å². The van der Waals surface area contributed by atoms with Crippen LogP contribution in [-0.4, -0.2) is 57.6 Å². The summed E-state index contributed by atoms with van der Waals surface area (Å²) in [7, 11) is 0. The Labute approximate surface area is 196 Å². The summed E-state index contributed by atoms with van der Waals surface area (Å²) < 4.78 is 41.7. The highest BCUT2D eigenvalue weighted by molar-refractivity contribution is 7.20. The van der Waals surface area contributed by atoms with Gasteiger partial charge in [-0.25, -0.2) is 17.9 Å². The molecule has 4 aromatic rings. The highest BCUT2D eigenvalue weighted by Gasteiger charge is 2.27. The first-order chi connectivity index (χ1) is 16.3. The van der Waals surface area contributed by atoms with Crippen LogP contribution in [0.3, 0.4) is 0 Å². The predicted octanol–water partition coefficient (Wildman–Crippen LogP) is 4.41. The lowest BCUT2D eigenvalue weighted by Crippen LogP contribution is -2.50. The third kappa shape index (κ3) is 3.94. The fourth-order valence-corrected chi connectivity index (χ4v) is 5.14. The third-order valence-corrected chi connectivity index (χ3v) is 6.95. The van der Waals surface area contributed by atoms with Crippen LogP contribution in [0, 0.1) is 24.4 Å². The number of hydrogen-bond donors (Lipinski definition) is 0. The lowest BCUT2D eigenvalue weighted by atomic mass is 10.1. The molecule has 0 aliphatic carbocycles. The van der Waals surface area contributed by atoms with Gasteiger partial charge in [-0.1, -0.05) is 0 Å². The highest BCUT2D eigenvalue weighted by Crippen LogP contribution is 2.31. The molecule has 2 amide bonds. The molecular weight excluding hydrogens is 465 g/mol. The molecule has 1 fully saturated rings. The fourth-order valence-electron chi connectivity index (χ4n) is 3.99. The first-order valence-corrected chi connectivity index (χ1v) is 11.4. The number of aromatic nitrogens is 2. The molecule has 1 saturated heterocycles. The zero-order chi connectivity index (χ0) is 24.0. The number of nitrogens with zero attached hydrogens (tertiary/aromatic N) is 4. The van der Waals surface area contributed by atoms with Gasteiger partial charge in [0.15, 0.2) is 11.6 Å². The first kappa shape index (κ1) is 22.1. The standard InChI is InChI=1S/C24H19F3N4O2S/c1-14-18-13-21(34-24(18)31(28-14)17-5-3-16(25)4-6-17)23(33)30-10-8-29(9-11-30)22(32)15-2-7-19(26)20(27)12-15/h2-7,12-13H,8-11H2,1H3. The first-order valence-electron chi connectivity index (χ1n) is 10.6. The van der Waals surface area contributed by atoms with Crippen molar-refractivity contribution in [3.8, 4) is 5.69 Å². The summed E-state index contributed by atoms with van der Waals surface area (Å²) in [6, 6.07) is 10.9. The van der Waals surface area contributed by atoms with Crippen molar-refractivity contribution in [1.29, 1.82) is 0 Å². The Kier molecular flexibility index (Phi) is 5.60. The van der Waals surface area contributed by atoms with Crippen LogP contribution in [0.15, 0.2) is 48.5 Å². The van der Waals surface area contributed by atoms with Gasteiger partial charge in [0, 0.05) is 37.1 Å². The summed E-state index contributed by atoms with van der Waals surface area (Å²) in [5, 5.41) is 5.37. The second kappa shape index (κ2) is 8.60. The van der Waals surface area contributed by atoms with E-state index in [0.717, 1.165) is 28.0 Å². The molecule has 174 valence electrons. The van der Waals surface area contributed by atoms with Gasteiger partial charge in [-0.3, -0.25) is 9.59 Å². The molecule has 3 heterocycles. The van der Waals surface area contributed by atoms with Crippen molar-refractivity contribution in [3.63, 3.8) is 0 Å². The summed E-state index contributed by atoms with van der Waals surface area (Å²) in [6.45, 7) is 3.08. The summed E-state index contributed by atoms with van der Waals surface area (Å²) in [4.78, 5) is 30.3. The van der Waals surface area contributed by atoms with Gasteiger partial charge < -0.3 is 9.80 Å². The van der Waals surface area contributed by atoms with Crippen LogP contribution in [0.2, 0.25) is 0 Å². The van der Waals surface area contributed by atoms with Crippen molar-refractivity contribution in [2.24, 2.45) is 0 Å². The quantitative estimate of drug-likeness (QED) is 0.433. The van der Waals surface area contributed by atoms with Gasteiger partial charge in [0.05, 0.1) is 16.3 Å². The average molecular weight is 485 g/mol. The zero-order valence-corrected chi connectivity index (χ0v) is 18.9. The number of fused-ring (bicyclic) bond motifs is 1. The van der Waals surface area contributed by atoms with Gasteiger partial charge in [0.1, 0.15) is 10.6 Å². The van der Waals surface area contributed by atoms with E-state index in [9.17, 15) is 22.8 Å². The largest absolute Gasteiger partial charge is 0.335 e. The van der Waals surface area contributed by atoms with Crippen LogP contribution in [0.1, 0.15) is 25.7 Å². The summed E-state index contributed by atoms with van der Waals surface area (Å²) in [5.74, 6) is -2.96. The Morgan fingerprint density at radius 1 is 0.853 bits per heavy atom. The monoisotopic (exact) mass is 484 g/mol. The maximum absolute atomic E-state index is 13.5. The maximum atomic E-state index is 13.5. The number of piperazine rings is 1. The van der Waals surface area contributed by atoms with Crippen molar-refractivity contribution in [2.75, 3.05) is 26.2 Å². The molecule has 6 nitrogen and oxygen atoms in total. The minimum absolute atomic E-state index is 0.0732. The Balaban J connectivity index is 1.31. The number of hydrogen-bond acceptors (Lipinski definition) is 4. The van der Waals surface area contributed by atoms with E-state index >= 15 is 0 Å². The van der Waals surface area contributed by atoms with E-state index in [1.165, 1.54) is 34.4 Å². The lowest BCUT2D eigenvalue weighted by molar-refractivity contribution is 0.0538.